The number of nitrogens with one attached hydrogen (secondary N) is 1. The fourth-order valence-electron chi connectivity index (χ4n) is 4.49. The second kappa shape index (κ2) is 10.2. The number of pyridine rings is 1. The first-order chi connectivity index (χ1) is 15.5. The van der Waals surface area contributed by atoms with E-state index in [1.807, 2.05) is 31.2 Å². The lowest BCUT2D eigenvalue weighted by atomic mass is 10.1. The van der Waals surface area contributed by atoms with Gasteiger partial charge >= 0.3 is 0 Å². The molecular formula is C25H34N4O3. The summed E-state index contributed by atoms with van der Waals surface area (Å²) in [7, 11) is 2.13. The number of carbonyl (C=O) groups excluding carboxylic acids is 1. The van der Waals surface area contributed by atoms with Crippen LogP contribution in [0.25, 0.3) is 0 Å². The Labute approximate surface area is 190 Å². The Balaban J connectivity index is 1.34. The zero-order chi connectivity index (χ0) is 22.5. The van der Waals surface area contributed by atoms with E-state index in [-0.39, 0.29) is 18.1 Å². The molecule has 7 nitrogen and oxygen atoms in total. The van der Waals surface area contributed by atoms with E-state index in [1.165, 1.54) is 6.92 Å². The summed E-state index contributed by atoms with van der Waals surface area (Å²) in [6.45, 7) is 6.92. The van der Waals surface area contributed by atoms with Gasteiger partial charge in [-0.05, 0) is 49.6 Å². The number of amides is 1. The molecule has 1 aromatic carbocycles. The van der Waals surface area contributed by atoms with Crippen molar-refractivity contribution < 1.29 is 14.3 Å². The van der Waals surface area contributed by atoms with Crippen LogP contribution in [0, 0.1) is 0 Å². The van der Waals surface area contributed by atoms with Gasteiger partial charge in [-0.3, -0.25) is 4.79 Å². The summed E-state index contributed by atoms with van der Waals surface area (Å²) in [4.78, 5) is 20.8. The molecule has 0 unspecified atom stereocenters. The first kappa shape index (κ1) is 22.4. The van der Waals surface area contributed by atoms with E-state index in [0.29, 0.717) is 6.04 Å². The lowest BCUT2D eigenvalue weighted by molar-refractivity contribution is -0.119. The van der Waals surface area contributed by atoms with Crippen LogP contribution in [0.15, 0.2) is 42.5 Å². The average molecular weight is 439 g/mol. The van der Waals surface area contributed by atoms with Crippen LogP contribution in [0.3, 0.4) is 0 Å². The number of aromatic nitrogens is 1. The van der Waals surface area contributed by atoms with Crippen LogP contribution in [-0.4, -0.2) is 56.4 Å². The van der Waals surface area contributed by atoms with Gasteiger partial charge in [-0.2, -0.15) is 0 Å². The molecule has 2 saturated heterocycles. The highest BCUT2D eigenvalue weighted by Crippen LogP contribution is 2.26. The summed E-state index contributed by atoms with van der Waals surface area (Å²) in [5, 5.41) is 2.91. The predicted molar refractivity (Wildman–Crippen MR) is 126 cm³/mol. The van der Waals surface area contributed by atoms with Crippen molar-refractivity contribution in [3.63, 3.8) is 0 Å². The van der Waals surface area contributed by atoms with Gasteiger partial charge < -0.3 is 24.6 Å². The Morgan fingerprint density at radius 1 is 1.19 bits per heavy atom. The number of benzene rings is 1. The molecular weight excluding hydrogens is 404 g/mol. The van der Waals surface area contributed by atoms with Crippen LogP contribution >= 0.6 is 0 Å². The third-order valence-corrected chi connectivity index (χ3v) is 6.39. The molecule has 7 heteroatoms. The Hall–Kier alpha value is -2.80. The van der Waals surface area contributed by atoms with Crippen LogP contribution in [0.4, 0.5) is 11.6 Å². The van der Waals surface area contributed by atoms with Crippen molar-refractivity contribution in [2.75, 3.05) is 43.2 Å². The second-order valence-corrected chi connectivity index (χ2v) is 8.77. The molecule has 2 atom stereocenters. The van der Waals surface area contributed by atoms with E-state index in [1.54, 1.807) is 0 Å². The van der Waals surface area contributed by atoms with Crippen molar-refractivity contribution in [2.24, 2.45) is 0 Å². The van der Waals surface area contributed by atoms with Crippen LogP contribution in [0.5, 0.6) is 5.75 Å². The number of anilines is 2. The maximum atomic E-state index is 11.3. The van der Waals surface area contributed by atoms with Gasteiger partial charge in [0.15, 0.2) is 0 Å². The maximum absolute atomic E-state index is 11.3. The summed E-state index contributed by atoms with van der Waals surface area (Å²) in [6, 6.07) is 14.7. The summed E-state index contributed by atoms with van der Waals surface area (Å²) in [5.74, 6) is 2.85. The lowest BCUT2D eigenvalue weighted by Crippen LogP contribution is -2.37. The molecule has 1 N–H and O–H groups in total. The first-order valence-electron chi connectivity index (χ1n) is 11.6. The van der Waals surface area contributed by atoms with Gasteiger partial charge in [0.1, 0.15) is 23.5 Å². The molecule has 32 heavy (non-hydrogen) atoms. The van der Waals surface area contributed by atoms with Gasteiger partial charge in [0.25, 0.3) is 0 Å². The number of hydrogen-bond donors (Lipinski definition) is 1. The summed E-state index contributed by atoms with van der Waals surface area (Å²) in [6.07, 6.45) is 3.19. The number of hydrogen-bond acceptors (Lipinski definition) is 6. The van der Waals surface area contributed by atoms with E-state index in [2.05, 4.69) is 40.4 Å². The molecule has 172 valence electrons. The number of ether oxygens (including phenoxy) is 2. The van der Waals surface area contributed by atoms with Crippen molar-refractivity contribution in [3.8, 4) is 5.75 Å². The smallest absolute Gasteiger partial charge is 0.217 e. The van der Waals surface area contributed by atoms with Crippen molar-refractivity contribution >= 4 is 17.5 Å². The molecule has 2 aliphatic heterocycles. The molecule has 2 aromatic rings. The Morgan fingerprint density at radius 2 is 1.94 bits per heavy atom. The van der Waals surface area contributed by atoms with Crippen LogP contribution < -0.4 is 19.9 Å². The fourth-order valence-corrected chi connectivity index (χ4v) is 4.49. The van der Waals surface area contributed by atoms with Gasteiger partial charge in [0, 0.05) is 46.2 Å². The number of nitrogens with zero attached hydrogens (tertiary/aromatic N) is 3. The van der Waals surface area contributed by atoms with Crippen molar-refractivity contribution in [2.45, 2.75) is 51.3 Å². The minimum atomic E-state index is -0.0273. The SMILES string of the molecule is CC(=O)N[C@@H](C)c1ccc(O[C@@H]2CCN(c3cccc(N(C)C4CCOCC4)n3)C2)cc1. The van der Waals surface area contributed by atoms with E-state index in [9.17, 15) is 4.79 Å². The second-order valence-electron chi connectivity index (χ2n) is 8.77. The third kappa shape index (κ3) is 5.51. The molecule has 2 aliphatic rings. The highest BCUT2D eigenvalue weighted by Gasteiger charge is 2.26. The number of carbonyl (C=O) groups is 1. The molecule has 1 aromatic heterocycles. The first-order valence-corrected chi connectivity index (χ1v) is 11.6. The average Bonchev–Trinajstić information content (AvgIpc) is 3.28. The van der Waals surface area contributed by atoms with Crippen molar-refractivity contribution in [1.82, 2.24) is 10.3 Å². The van der Waals surface area contributed by atoms with Gasteiger partial charge in [-0.25, -0.2) is 4.98 Å². The van der Waals surface area contributed by atoms with Gasteiger partial charge in [-0.15, -0.1) is 0 Å². The zero-order valence-corrected chi connectivity index (χ0v) is 19.3. The minimum Gasteiger partial charge on any atom is -0.489 e. The third-order valence-electron chi connectivity index (χ3n) is 6.39. The zero-order valence-electron chi connectivity index (χ0n) is 19.3. The van der Waals surface area contributed by atoms with Crippen molar-refractivity contribution in [3.05, 3.63) is 48.0 Å². The molecule has 2 fully saturated rings. The largest absolute Gasteiger partial charge is 0.489 e. The van der Waals surface area contributed by atoms with Crippen LogP contribution in [0.1, 0.15) is 44.7 Å². The monoisotopic (exact) mass is 438 g/mol. The molecule has 0 bridgehead atoms. The molecule has 0 radical (unpaired) electrons. The topological polar surface area (TPSA) is 66.9 Å². The quantitative estimate of drug-likeness (QED) is 0.713. The summed E-state index contributed by atoms with van der Waals surface area (Å²) >= 11 is 0. The molecule has 0 aliphatic carbocycles. The fraction of sp³-hybridized carbons (Fsp3) is 0.520. The van der Waals surface area contributed by atoms with E-state index < -0.39 is 0 Å². The summed E-state index contributed by atoms with van der Waals surface area (Å²) in [5.41, 5.74) is 1.07. The Kier molecular flexibility index (Phi) is 7.15. The van der Waals surface area contributed by atoms with Gasteiger partial charge in [0.2, 0.25) is 5.91 Å². The normalized spacial score (nSPS) is 20.1. The molecule has 0 saturated carbocycles. The standard InChI is InChI=1S/C25H34N4O3/c1-18(26-19(2)30)20-7-9-22(10-8-20)32-23-11-14-29(17-23)25-6-4-5-24(27-25)28(3)21-12-15-31-16-13-21/h4-10,18,21,23H,11-17H2,1-3H3,(H,26,30)/t18-,23+/m0/s1. The lowest BCUT2D eigenvalue weighted by Gasteiger charge is -2.32. The summed E-state index contributed by atoms with van der Waals surface area (Å²) < 4.78 is 11.7. The minimum absolute atomic E-state index is 0.0128. The van der Waals surface area contributed by atoms with E-state index in [0.717, 1.165) is 68.5 Å². The maximum Gasteiger partial charge on any atom is 0.217 e. The van der Waals surface area contributed by atoms with E-state index >= 15 is 0 Å². The van der Waals surface area contributed by atoms with Gasteiger partial charge in [-0.1, -0.05) is 18.2 Å². The Bertz CT molecular complexity index is 898. The van der Waals surface area contributed by atoms with E-state index in [4.69, 9.17) is 14.5 Å². The highest BCUT2D eigenvalue weighted by molar-refractivity contribution is 5.73. The molecule has 0 spiro atoms. The Morgan fingerprint density at radius 3 is 2.66 bits per heavy atom. The van der Waals surface area contributed by atoms with Crippen LogP contribution in [0.2, 0.25) is 0 Å². The molecule has 3 heterocycles. The highest BCUT2D eigenvalue weighted by atomic mass is 16.5. The molecule has 1 amide bonds. The predicted octanol–water partition coefficient (Wildman–Crippen LogP) is 3.55. The van der Waals surface area contributed by atoms with Gasteiger partial charge in [0.05, 0.1) is 12.6 Å². The number of rotatable bonds is 7. The van der Waals surface area contributed by atoms with Crippen molar-refractivity contribution in [1.29, 1.82) is 0 Å². The molecule has 4 rings (SSSR count). The van der Waals surface area contributed by atoms with Crippen LogP contribution in [-0.2, 0) is 9.53 Å².